The molecule has 0 unspecified atom stereocenters. The fourth-order valence-corrected chi connectivity index (χ4v) is 4.49. The molecule has 1 aliphatic rings. The van der Waals surface area contributed by atoms with E-state index in [0.29, 0.717) is 0 Å². The van der Waals surface area contributed by atoms with Gasteiger partial charge < -0.3 is 14.6 Å². The lowest BCUT2D eigenvalue weighted by Crippen LogP contribution is -2.19. The van der Waals surface area contributed by atoms with Crippen LogP contribution in [0, 0.1) is 0 Å². The number of nitrogens with one attached hydrogen (secondary N) is 1. The summed E-state index contributed by atoms with van der Waals surface area (Å²) in [5.74, 6) is 1.62. The Morgan fingerprint density at radius 2 is 1.96 bits per heavy atom. The van der Waals surface area contributed by atoms with Gasteiger partial charge in [0.15, 0.2) is 5.16 Å². The minimum Gasteiger partial charge on any atom is -0.497 e. The number of nitrogens with zero attached hydrogens (tertiary/aromatic N) is 2. The zero-order chi connectivity index (χ0) is 17.2. The number of H-pyrrole nitrogens is 1. The van der Waals surface area contributed by atoms with E-state index < -0.39 is 0 Å². The number of methoxy groups -OCH3 is 1. The lowest BCUT2D eigenvalue weighted by atomic mass is 10.2. The van der Waals surface area contributed by atoms with Crippen LogP contribution in [0.4, 0.5) is 5.69 Å². The predicted octanol–water partition coefficient (Wildman–Crippen LogP) is 5.96. The largest absolute Gasteiger partial charge is 0.497 e. The summed E-state index contributed by atoms with van der Waals surface area (Å²) in [6.45, 7) is 2.23. The first kappa shape index (κ1) is 22.0. The van der Waals surface area contributed by atoms with Gasteiger partial charge in [0.1, 0.15) is 5.75 Å². The molecule has 1 saturated heterocycles. The van der Waals surface area contributed by atoms with Gasteiger partial charge in [0, 0.05) is 41.2 Å². The Hall–Kier alpha value is -1.27. The molecule has 0 saturated carbocycles. The lowest BCUT2D eigenvalue weighted by Gasteiger charge is -2.22. The van der Waals surface area contributed by atoms with E-state index in [1.54, 1.807) is 18.9 Å². The number of aromatic nitrogens is 2. The smallest absolute Gasteiger partial charge is 0.166 e. The highest BCUT2D eigenvalue weighted by atomic mass is 35.5. The molecule has 3 aromatic rings. The van der Waals surface area contributed by atoms with Gasteiger partial charge >= 0.3 is 0 Å². The Bertz CT molecular complexity index is 897. The molecule has 0 spiro atoms. The van der Waals surface area contributed by atoms with Crippen LogP contribution in [0.2, 0.25) is 5.02 Å². The topological polar surface area (TPSA) is 41.1 Å². The second-order valence-electron chi connectivity index (χ2n) is 6.15. The number of aromatic amines is 1. The summed E-state index contributed by atoms with van der Waals surface area (Å²) in [4.78, 5) is 10.5. The number of thioether (sulfide) groups is 1. The van der Waals surface area contributed by atoms with Crippen molar-refractivity contribution in [2.24, 2.45) is 0 Å². The van der Waals surface area contributed by atoms with E-state index in [9.17, 15) is 0 Å². The summed E-state index contributed by atoms with van der Waals surface area (Å²) in [5.41, 5.74) is 4.38. The molecule has 0 atom stereocenters. The molecular formula is C19H22Cl3N3OS. The molecule has 2 aromatic carbocycles. The number of fused-ring (bicyclic) bond motifs is 1. The monoisotopic (exact) mass is 445 g/mol. The van der Waals surface area contributed by atoms with Gasteiger partial charge in [-0.25, -0.2) is 4.98 Å². The number of anilines is 1. The van der Waals surface area contributed by atoms with Crippen molar-refractivity contribution in [2.75, 3.05) is 25.1 Å². The zero-order valence-electron chi connectivity index (χ0n) is 14.9. The number of rotatable bonds is 5. The first-order valence-electron chi connectivity index (χ1n) is 8.43. The molecule has 0 aliphatic carbocycles. The Morgan fingerprint density at radius 3 is 2.70 bits per heavy atom. The molecule has 1 aliphatic heterocycles. The third-order valence-corrected chi connectivity index (χ3v) is 5.82. The number of hydrogen-bond donors (Lipinski definition) is 1. The van der Waals surface area contributed by atoms with Crippen molar-refractivity contribution < 1.29 is 4.74 Å². The number of imidazole rings is 1. The normalized spacial score (nSPS) is 13.3. The first-order valence-corrected chi connectivity index (χ1v) is 9.80. The summed E-state index contributed by atoms with van der Waals surface area (Å²) in [6, 6.07) is 12.1. The SMILES string of the molecule is COc1ccc2nc(SCc3c(Cl)cccc3N3CCCC3)[nH]c2c1.Cl.Cl. The van der Waals surface area contributed by atoms with Gasteiger partial charge in [-0.15, -0.1) is 24.8 Å². The van der Waals surface area contributed by atoms with E-state index >= 15 is 0 Å². The van der Waals surface area contributed by atoms with E-state index in [4.69, 9.17) is 16.3 Å². The fraction of sp³-hybridized carbons (Fsp3) is 0.316. The van der Waals surface area contributed by atoms with Gasteiger partial charge in [-0.1, -0.05) is 29.4 Å². The van der Waals surface area contributed by atoms with Crippen LogP contribution in [0.5, 0.6) is 5.75 Å². The van der Waals surface area contributed by atoms with Crippen molar-refractivity contribution in [3.8, 4) is 5.75 Å². The fourth-order valence-electron chi connectivity index (χ4n) is 3.25. The van der Waals surface area contributed by atoms with E-state index in [-0.39, 0.29) is 24.8 Å². The van der Waals surface area contributed by atoms with Crippen molar-refractivity contribution >= 4 is 64.9 Å². The summed E-state index contributed by atoms with van der Waals surface area (Å²) in [5, 5.41) is 1.73. The number of ether oxygens (including phenoxy) is 1. The summed E-state index contributed by atoms with van der Waals surface area (Å²) >= 11 is 8.19. The van der Waals surface area contributed by atoms with Crippen molar-refractivity contribution in [1.82, 2.24) is 9.97 Å². The van der Waals surface area contributed by atoms with Crippen molar-refractivity contribution in [1.29, 1.82) is 0 Å². The second-order valence-corrected chi connectivity index (χ2v) is 7.52. The molecule has 4 rings (SSSR count). The quantitative estimate of drug-likeness (QED) is 0.491. The standard InChI is InChI=1S/C19H20ClN3OS.2ClH/c1-24-13-7-8-16-17(11-13)22-19(21-16)25-12-14-15(20)5-4-6-18(14)23-9-2-3-10-23;;/h4-8,11H,2-3,9-10,12H2,1H3,(H,21,22);2*1H. The summed E-state index contributed by atoms with van der Waals surface area (Å²) in [7, 11) is 1.67. The Morgan fingerprint density at radius 1 is 1.19 bits per heavy atom. The molecule has 1 N–H and O–H groups in total. The van der Waals surface area contributed by atoms with Crippen LogP contribution in [0.15, 0.2) is 41.6 Å². The molecule has 1 fully saturated rings. The van der Waals surface area contributed by atoms with Gasteiger partial charge in [0.25, 0.3) is 0 Å². The number of benzene rings is 2. The zero-order valence-corrected chi connectivity index (χ0v) is 18.1. The minimum absolute atomic E-state index is 0. The van der Waals surface area contributed by atoms with E-state index in [1.807, 2.05) is 30.3 Å². The maximum atomic E-state index is 6.51. The van der Waals surface area contributed by atoms with Crippen molar-refractivity contribution in [3.63, 3.8) is 0 Å². The number of halogens is 3. The van der Waals surface area contributed by atoms with Crippen molar-refractivity contribution in [3.05, 3.63) is 47.0 Å². The molecule has 27 heavy (non-hydrogen) atoms. The molecule has 146 valence electrons. The average molecular weight is 447 g/mol. The Labute approximate surface area is 180 Å². The van der Waals surface area contributed by atoms with E-state index in [0.717, 1.165) is 45.8 Å². The highest BCUT2D eigenvalue weighted by Crippen LogP contribution is 2.35. The predicted molar refractivity (Wildman–Crippen MR) is 120 cm³/mol. The Balaban J connectivity index is 0.00000131. The first-order chi connectivity index (χ1) is 12.2. The van der Waals surface area contributed by atoms with Crippen LogP contribution in [0.1, 0.15) is 18.4 Å². The van der Waals surface area contributed by atoms with Crippen LogP contribution >= 0.6 is 48.2 Å². The maximum absolute atomic E-state index is 6.51. The summed E-state index contributed by atoms with van der Waals surface area (Å²) in [6.07, 6.45) is 2.51. The third-order valence-electron chi connectivity index (χ3n) is 4.56. The van der Waals surface area contributed by atoms with Crippen LogP contribution in [0.25, 0.3) is 11.0 Å². The third kappa shape index (κ3) is 4.77. The molecule has 4 nitrogen and oxygen atoms in total. The molecule has 0 amide bonds. The van der Waals surface area contributed by atoms with Gasteiger partial charge in [0.05, 0.1) is 18.1 Å². The maximum Gasteiger partial charge on any atom is 0.166 e. The minimum atomic E-state index is 0. The molecule has 1 aromatic heterocycles. The van der Waals surface area contributed by atoms with E-state index in [1.165, 1.54) is 24.1 Å². The highest BCUT2D eigenvalue weighted by Gasteiger charge is 2.18. The van der Waals surface area contributed by atoms with Crippen LogP contribution in [0.3, 0.4) is 0 Å². The lowest BCUT2D eigenvalue weighted by molar-refractivity contribution is 0.415. The number of hydrogen-bond acceptors (Lipinski definition) is 4. The van der Waals surface area contributed by atoms with Gasteiger partial charge in [-0.05, 0) is 37.1 Å². The van der Waals surface area contributed by atoms with Gasteiger partial charge in [-0.2, -0.15) is 0 Å². The Kier molecular flexibility index (Phi) is 7.98. The van der Waals surface area contributed by atoms with Crippen LogP contribution in [-0.4, -0.2) is 30.2 Å². The van der Waals surface area contributed by atoms with E-state index in [2.05, 4.69) is 20.9 Å². The molecule has 2 heterocycles. The van der Waals surface area contributed by atoms with Crippen LogP contribution in [-0.2, 0) is 5.75 Å². The second kappa shape index (κ2) is 9.78. The van der Waals surface area contributed by atoms with Gasteiger partial charge in [0.2, 0.25) is 0 Å². The highest BCUT2D eigenvalue weighted by molar-refractivity contribution is 7.98. The molecule has 0 radical (unpaired) electrons. The van der Waals surface area contributed by atoms with Crippen LogP contribution < -0.4 is 9.64 Å². The molecule has 8 heteroatoms. The average Bonchev–Trinajstić information content (AvgIpc) is 3.29. The van der Waals surface area contributed by atoms with Crippen molar-refractivity contribution in [2.45, 2.75) is 23.8 Å². The summed E-state index contributed by atoms with van der Waals surface area (Å²) < 4.78 is 5.27. The van der Waals surface area contributed by atoms with Gasteiger partial charge in [-0.3, -0.25) is 0 Å². The molecule has 0 bridgehead atoms. The molecular weight excluding hydrogens is 425 g/mol.